The number of aryl methyl sites for hydroxylation is 2. The molecule has 4 rings (SSSR count). The van der Waals surface area contributed by atoms with Crippen LogP contribution in [0.25, 0.3) is 0 Å². The fourth-order valence-electron chi connectivity index (χ4n) is 4.50. The number of nitrogens with one attached hydrogen (secondary N) is 1. The summed E-state index contributed by atoms with van der Waals surface area (Å²) in [6, 6.07) is 5.96. The molecule has 2 bridgehead atoms. The van der Waals surface area contributed by atoms with Crippen molar-refractivity contribution in [3.8, 4) is 0 Å². The molecule has 1 N–H and O–H groups in total. The van der Waals surface area contributed by atoms with Gasteiger partial charge >= 0.3 is 5.97 Å². The number of anilines is 1. The predicted octanol–water partition coefficient (Wildman–Crippen LogP) is 2.81. The van der Waals surface area contributed by atoms with Crippen molar-refractivity contribution in [2.45, 2.75) is 31.2 Å². The van der Waals surface area contributed by atoms with Crippen LogP contribution in [-0.2, 0) is 14.3 Å². The summed E-state index contributed by atoms with van der Waals surface area (Å²) in [4.78, 5) is 25.0. The van der Waals surface area contributed by atoms with Crippen molar-refractivity contribution >= 4 is 33.5 Å². The summed E-state index contributed by atoms with van der Waals surface area (Å²) in [7, 11) is 0. The van der Waals surface area contributed by atoms with E-state index >= 15 is 0 Å². The van der Waals surface area contributed by atoms with Crippen LogP contribution in [0.4, 0.5) is 5.69 Å². The Hall–Kier alpha value is -1.36. The average molecular weight is 364 g/mol. The Kier molecular flexibility index (Phi) is 3.12. The number of hydrogen-bond donors (Lipinski definition) is 1. The second-order valence-corrected chi connectivity index (χ2v) is 7.83. The maximum Gasteiger partial charge on any atom is 0.310 e. The molecule has 0 unspecified atom stereocenters. The number of rotatable bonds is 2. The van der Waals surface area contributed by atoms with E-state index in [0.717, 1.165) is 23.2 Å². The normalized spacial score (nSPS) is 38.2. The summed E-state index contributed by atoms with van der Waals surface area (Å²) in [5.41, 5.74) is 3.03. The first-order chi connectivity index (χ1) is 10.5. The molecule has 1 amide bonds. The molecule has 22 heavy (non-hydrogen) atoms. The van der Waals surface area contributed by atoms with E-state index in [-0.39, 0.29) is 46.5 Å². The maximum atomic E-state index is 12.8. The Balaban J connectivity index is 1.59. The summed E-state index contributed by atoms with van der Waals surface area (Å²) < 4.78 is 5.46. The number of fused-ring (bicyclic) bond motifs is 1. The van der Waals surface area contributed by atoms with Crippen LogP contribution >= 0.6 is 15.9 Å². The highest BCUT2D eigenvalue weighted by Gasteiger charge is 2.67. The number of carbonyl (C=O) groups is 2. The van der Waals surface area contributed by atoms with Gasteiger partial charge in [-0.05, 0) is 37.8 Å². The second kappa shape index (κ2) is 4.82. The Morgan fingerprint density at radius 2 is 2.09 bits per heavy atom. The van der Waals surface area contributed by atoms with Gasteiger partial charge in [-0.3, -0.25) is 9.59 Å². The summed E-state index contributed by atoms with van der Waals surface area (Å²) in [5, 5.41) is 3.02. The van der Waals surface area contributed by atoms with Crippen LogP contribution in [0.5, 0.6) is 0 Å². The second-order valence-electron chi connectivity index (χ2n) is 6.77. The minimum absolute atomic E-state index is 0.0346. The fourth-order valence-corrected chi connectivity index (χ4v) is 5.54. The van der Waals surface area contributed by atoms with Gasteiger partial charge in [-0.2, -0.15) is 0 Å². The quantitative estimate of drug-likeness (QED) is 0.649. The zero-order valence-corrected chi connectivity index (χ0v) is 14.1. The van der Waals surface area contributed by atoms with Gasteiger partial charge in [-0.1, -0.05) is 33.6 Å². The number of ether oxygens (including phenoxy) is 1. The van der Waals surface area contributed by atoms with E-state index in [1.54, 1.807) is 0 Å². The van der Waals surface area contributed by atoms with Crippen molar-refractivity contribution in [1.82, 2.24) is 0 Å². The minimum atomic E-state index is -0.277. The van der Waals surface area contributed by atoms with Gasteiger partial charge in [0.1, 0.15) is 6.10 Å². The van der Waals surface area contributed by atoms with Crippen LogP contribution in [0, 0.1) is 37.5 Å². The molecule has 3 fully saturated rings. The number of hydrogen-bond acceptors (Lipinski definition) is 3. The van der Waals surface area contributed by atoms with E-state index < -0.39 is 0 Å². The van der Waals surface area contributed by atoms with Gasteiger partial charge in [0.15, 0.2) is 0 Å². The topological polar surface area (TPSA) is 55.4 Å². The molecule has 116 valence electrons. The van der Waals surface area contributed by atoms with Crippen LogP contribution in [0.3, 0.4) is 0 Å². The first kappa shape index (κ1) is 14.2. The first-order valence-corrected chi connectivity index (χ1v) is 8.61. The van der Waals surface area contributed by atoms with Gasteiger partial charge in [-0.15, -0.1) is 0 Å². The Morgan fingerprint density at radius 3 is 2.82 bits per heavy atom. The summed E-state index contributed by atoms with van der Waals surface area (Å²) in [6.45, 7) is 4.01. The van der Waals surface area contributed by atoms with Crippen molar-refractivity contribution in [2.75, 3.05) is 5.32 Å². The van der Waals surface area contributed by atoms with Gasteiger partial charge in [0, 0.05) is 11.6 Å². The van der Waals surface area contributed by atoms with Crippen molar-refractivity contribution in [3.05, 3.63) is 29.3 Å². The number of esters is 1. The smallest absolute Gasteiger partial charge is 0.310 e. The van der Waals surface area contributed by atoms with Crippen LogP contribution in [-0.4, -0.2) is 22.8 Å². The molecule has 2 aliphatic carbocycles. The fraction of sp³-hybridized carbons (Fsp3) is 0.529. The summed E-state index contributed by atoms with van der Waals surface area (Å²) >= 11 is 3.64. The molecule has 6 atom stereocenters. The molecular formula is C17H18BrNO3. The van der Waals surface area contributed by atoms with E-state index in [9.17, 15) is 9.59 Å². The lowest BCUT2D eigenvalue weighted by Gasteiger charge is -2.27. The van der Waals surface area contributed by atoms with Crippen molar-refractivity contribution in [2.24, 2.45) is 23.7 Å². The molecule has 1 aromatic rings. The number of halogens is 1. The van der Waals surface area contributed by atoms with E-state index in [0.29, 0.717) is 0 Å². The molecule has 2 saturated carbocycles. The van der Waals surface area contributed by atoms with Gasteiger partial charge in [0.2, 0.25) is 5.91 Å². The van der Waals surface area contributed by atoms with Crippen molar-refractivity contribution in [3.63, 3.8) is 0 Å². The molecule has 4 nitrogen and oxygen atoms in total. The molecular weight excluding hydrogens is 346 g/mol. The Bertz CT molecular complexity index is 674. The van der Waals surface area contributed by atoms with Crippen LogP contribution in [0.2, 0.25) is 0 Å². The van der Waals surface area contributed by atoms with Crippen molar-refractivity contribution < 1.29 is 14.3 Å². The predicted molar refractivity (Wildman–Crippen MR) is 85.7 cm³/mol. The maximum absolute atomic E-state index is 12.8. The van der Waals surface area contributed by atoms with E-state index in [4.69, 9.17) is 4.74 Å². The monoisotopic (exact) mass is 363 g/mol. The van der Waals surface area contributed by atoms with E-state index in [1.165, 1.54) is 0 Å². The molecule has 3 aliphatic rings. The molecule has 1 heterocycles. The van der Waals surface area contributed by atoms with Gasteiger partial charge in [0.25, 0.3) is 0 Å². The highest BCUT2D eigenvalue weighted by Crippen LogP contribution is 2.60. The lowest BCUT2D eigenvalue weighted by molar-refractivity contribution is -0.145. The Labute approximate surface area is 137 Å². The standard InChI is InChI=1S/C17H18BrNO3/c1-7-3-4-11(8(2)5-7)19-16(20)12-9-6-10-13(12)17(21)22-15(10)14(9)18/h3-5,9-10,12-15H,6H2,1-2H3,(H,19,20)/t9-,10+,12-,13-,14+,15-/m0/s1. The minimum Gasteiger partial charge on any atom is -0.461 e. The Morgan fingerprint density at radius 1 is 1.32 bits per heavy atom. The highest BCUT2D eigenvalue weighted by molar-refractivity contribution is 9.09. The molecule has 1 saturated heterocycles. The van der Waals surface area contributed by atoms with Gasteiger partial charge in [0.05, 0.1) is 16.7 Å². The summed E-state index contributed by atoms with van der Waals surface area (Å²) in [5.74, 6) is -0.378. The lowest BCUT2D eigenvalue weighted by atomic mass is 9.79. The van der Waals surface area contributed by atoms with Gasteiger partial charge in [-0.25, -0.2) is 0 Å². The molecule has 0 aromatic heterocycles. The van der Waals surface area contributed by atoms with E-state index in [2.05, 4.69) is 21.2 Å². The first-order valence-electron chi connectivity index (χ1n) is 7.70. The zero-order chi connectivity index (χ0) is 15.6. The van der Waals surface area contributed by atoms with Crippen LogP contribution in [0.15, 0.2) is 18.2 Å². The molecule has 5 heteroatoms. The molecule has 0 spiro atoms. The third-order valence-electron chi connectivity index (χ3n) is 5.47. The van der Waals surface area contributed by atoms with Crippen molar-refractivity contribution in [1.29, 1.82) is 0 Å². The number of alkyl halides is 1. The molecule has 1 aromatic carbocycles. The average Bonchev–Trinajstić information content (AvgIpc) is 3.06. The third-order valence-corrected chi connectivity index (χ3v) is 6.67. The SMILES string of the molecule is Cc1ccc(NC(=O)[C@H]2[C@@H]3C[C@H]4[C@H](OC(=O)[C@@H]42)[C@@H]3Br)c(C)c1. The molecule has 1 aliphatic heterocycles. The van der Waals surface area contributed by atoms with Gasteiger partial charge < -0.3 is 10.1 Å². The zero-order valence-electron chi connectivity index (χ0n) is 12.5. The summed E-state index contributed by atoms with van der Waals surface area (Å²) in [6.07, 6.45) is 0.870. The van der Waals surface area contributed by atoms with E-state index in [1.807, 2.05) is 32.0 Å². The van der Waals surface area contributed by atoms with Crippen LogP contribution in [0.1, 0.15) is 17.5 Å². The van der Waals surface area contributed by atoms with Crippen LogP contribution < -0.4 is 5.32 Å². The largest absolute Gasteiger partial charge is 0.461 e. The highest BCUT2D eigenvalue weighted by atomic mass is 79.9. The lowest BCUT2D eigenvalue weighted by Crippen LogP contribution is -2.40. The molecule has 0 radical (unpaired) electrons. The third kappa shape index (κ3) is 1.87. The number of carbonyl (C=O) groups excluding carboxylic acids is 2. The number of benzene rings is 1. The number of amides is 1.